The number of nitrogens with zero attached hydrogens (tertiary/aromatic N) is 3. The Morgan fingerprint density at radius 3 is 2.52 bits per heavy atom. The minimum atomic E-state index is -3.68. The fraction of sp³-hybridized carbons (Fsp3) is 0.333. The molecule has 1 aliphatic heterocycles. The summed E-state index contributed by atoms with van der Waals surface area (Å²) in [5.41, 5.74) is 0.908. The second kappa shape index (κ2) is 6.74. The van der Waals surface area contributed by atoms with Crippen molar-refractivity contribution in [3.8, 4) is 11.5 Å². The molecule has 2 fully saturated rings. The Hall–Kier alpha value is -2.58. The van der Waals surface area contributed by atoms with Crippen LogP contribution in [0.15, 0.2) is 63.9 Å². The Kier molecular flexibility index (Phi) is 4.29. The molecule has 0 N–H and O–H groups in total. The highest BCUT2D eigenvalue weighted by Gasteiger charge is 2.58. The number of benzene rings is 2. The number of halogens is 1. The summed E-state index contributed by atoms with van der Waals surface area (Å²) in [6.07, 6.45) is 2.39. The Bertz CT molecular complexity index is 1140. The molecule has 0 radical (unpaired) electrons. The van der Waals surface area contributed by atoms with Crippen LogP contribution in [0.4, 0.5) is 4.39 Å². The van der Waals surface area contributed by atoms with E-state index in [9.17, 15) is 12.8 Å². The first-order chi connectivity index (χ1) is 14.0. The van der Waals surface area contributed by atoms with E-state index in [0.717, 1.165) is 30.9 Å². The van der Waals surface area contributed by atoms with Crippen LogP contribution in [0, 0.1) is 11.2 Å². The number of hydrogen-bond donors (Lipinski definition) is 0. The molecule has 2 aromatic carbocycles. The molecule has 8 heteroatoms. The predicted octanol–water partition coefficient (Wildman–Crippen LogP) is 3.83. The lowest BCUT2D eigenvalue weighted by Crippen LogP contribution is -2.39. The molecule has 0 bridgehead atoms. The highest BCUT2D eigenvalue weighted by Crippen LogP contribution is 2.64. The lowest BCUT2D eigenvalue weighted by Gasteiger charge is -2.31. The van der Waals surface area contributed by atoms with E-state index >= 15 is 0 Å². The van der Waals surface area contributed by atoms with Gasteiger partial charge in [-0.15, -0.1) is 10.2 Å². The van der Waals surface area contributed by atoms with E-state index in [1.54, 1.807) is 0 Å². The smallest absolute Gasteiger partial charge is 0.247 e. The van der Waals surface area contributed by atoms with Gasteiger partial charge in [-0.05, 0) is 55.0 Å². The van der Waals surface area contributed by atoms with Gasteiger partial charge in [0, 0.05) is 24.6 Å². The molecule has 29 heavy (non-hydrogen) atoms. The largest absolute Gasteiger partial charge is 0.420 e. The van der Waals surface area contributed by atoms with Crippen LogP contribution in [0.5, 0.6) is 0 Å². The molecule has 2 heterocycles. The summed E-state index contributed by atoms with van der Waals surface area (Å²) < 4.78 is 46.4. The Morgan fingerprint density at radius 2 is 1.79 bits per heavy atom. The van der Waals surface area contributed by atoms with E-state index in [0.29, 0.717) is 24.9 Å². The molecule has 1 spiro atoms. The second-order valence-electron chi connectivity index (χ2n) is 7.79. The van der Waals surface area contributed by atoms with Crippen molar-refractivity contribution in [1.29, 1.82) is 0 Å². The maximum Gasteiger partial charge on any atom is 0.247 e. The molecule has 5 rings (SSSR count). The van der Waals surface area contributed by atoms with Crippen LogP contribution in [0.3, 0.4) is 0 Å². The summed E-state index contributed by atoms with van der Waals surface area (Å²) in [6, 6.07) is 14.8. The van der Waals surface area contributed by atoms with Gasteiger partial charge in [0.1, 0.15) is 5.82 Å². The molecule has 1 atom stereocenters. The van der Waals surface area contributed by atoms with Gasteiger partial charge in [0.2, 0.25) is 21.8 Å². The highest BCUT2D eigenvalue weighted by molar-refractivity contribution is 7.89. The first-order valence-corrected chi connectivity index (χ1v) is 11.1. The average Bonchev–Trinajstić information content (AvgIpc) is 3.20. The minimum absolute atomic E-state index is 0.00482. The summed E-state index contributed by atoms with van der Waals surface area (Å²) in [6.45, 7) is 0.823. The Morgan fingerprint density at radius 1 is 1.03 bits per heavy atom. The van der Waals surface area contributed by atoms with Crippen LogP contribution in [0.1, 0.15) is 31.1 Å². The molecule has 2 aliphatic rings. The molecule has 1 unspecified atom stereocenters. The first kappa shape index (κ1) is 18.4. The molecule has 1 saturated carbocycles. The zero-order chi connectivity index (χ0) is 20.1. The fourth-order valence-electron chi connectivity index (χ4n) is 4.27. The van der Waals surface area contributed by atoms with Crippen molar-refractivity contribution in [3.05, 3.63) is 66.3 Å². The third kappa shape index (κ3) is 3.26. The van der Waals surface area contributed by atoms with Gasteiger partial charge < -0.3 is 4.42 Å². The number of aromatic nitrogens is 2. The van der Waals surface area contributed by atoms with Gasteiger partial charge in [-0.2, -0.15) is 4.31 Å². The van der Waals surface area contributed by atoms with Crippen LogP contribution in [-0.2, 0) is 10.0 Å². The van der Waals surface area contributed by atoms with Gasteiger partial charge in [0.15, 0.2) is 0 Å². The van der Waals surface area contributed by atoms with E-state index in [2.05, 4.69) is 10.2 Å². The molecular weight excluding hydrogens is 393 g/mol. The summed E-state index contributed by atoms with van der Waals surface area (Å²) in [5, 5.41) is 8.41. The second-order valence-corrected chi connectivity index (χ2v) is 9.73. The SMILES string of the molecule is O=S(=O)(c1cccc(F)c1)N1CCC2(CC1)CC2c1nnc(-c2ccccc2)o1. The maximum atomic E-state index is 13.5. The number of hydrogen-bond acceptors (Lipinski definition) is 5. The van der Waals surface area contributed by atoms with Gasteiger partial charge >= 0.3 is 0 Å². The van der Waals surface area contributed by atoms with Crippen molar-refractivity contribution in [3.63, 3.8) is 0 Å². The van der Waals surface area contributed by atoms with Gasteiger partial charge in [0.25, 0.3) is 0 Å². The van der Waals surface area contributed by atoms with Gasteiger partial charge in [0.05, 0.1) is 4.90 Å². The minimum Gasteiger partial charge on any atom is -0.420 e. The van der Waals surface area contributed by atoms with Crippen molar-refractivity contribution < 1.29 is 17.2 Å². The van der Waals surface area contributed by atoms with E-state index in [4.69, 9.17) is 4.42 Å². The molecule has 6 nitrogen and oxygen atoms in total. The predicted molar refractivity (Wildman–Crippen MR) is 104 cm³/mol. The molecule has 1 saturated heterocycles. The number of sulfonamides is 1. The van der Waals surface area contributed by atoms with Crippen molar-refractivity contribution >= 4 is 10.0 Å². The van der Waals surface area contributed by atoms with Crippen molar-refractivity contribution in [2.24, 2.45) is 5.41 Å². The van der Waals surface area contributed by atoms with Crippen LogP contribution in [0.2, 0.25) is 0 Å². The quantitative estimate of drug-likeness (QED) is 0.650. The first-order valence-electron chi connectivity index (χ1n) is 9.63. The average molecular weight is 413 g/mol. The van der Waals surface area contributed by atoms with Crippen molar-refractivity contribution in [2.75, 3.05) is 13.1 Å². The fourth-order valence-corrected chi connectivity index (χ4v) is 5.74. The van der Waals surface area contributed by atoms with Crippen LogP contribution in [-0.4, -0.2) is 36.0 Å². The van der Waals surface area contributed by atoms with Crippen LogP contribution >= 0.6 is 0 Å². The zero-order valence-corrected chi connectivity index (χ0v) is 16.5. The third-order valence-corrected chi connectivity index (χ3v) is 8.00. The van der Waals surface area contributed by atoms with E-state index in [1.807, 2.05) is 30.3 Å². The molecule has 3 aromatic rings. The Labute approximate surface area is 168 Å². The summed E-state index contributed by atoms with van der Waals surface area (Å²) in [5.74, 6) is 0.762. The monoisotopic (exact) mass is 413 g/mol. The molecule has 150 valence electrons. The molecule has 0 amide bonds. The van der Waals surface area contributed by atoms with E-state index in [-0.39, 0.29) is 16.2 Å². The normalized spacial score (nSPS) is 21.3. The van der Waals surface area contributed by atoms with Gasteiger partial charge in [-0.3, -0.25) is 0 Å². The lowest BCUT2D eigenvalue weighted by atomic mass is 9.92. The van der Waals surface area contributed by atoms with Gasteiger partial charge in [-0.25, -0.2) is 12.8 Å². The van der Waals surface area contributed by atoms with E-state index in [1.165, 1.54) is 22.5 Å². The lowest BCUT2D eigenvalue weighted by molar-refractivity contribution is 0.246. The van der Waals surface area contributed by atoms with E-state index < -0.39 is 15.8 Å². The standard InChI is InChI=1S/C21H20FN3O3S/c22-16-7-4-8-17(13-16)29(26,27)25-11-9-21(10-12-25)14-18(21)20-24-23-19(28-20)15-5-2-1-3-6-15/h1-8,13,18H,9-12,14H2. The van der Waals surface area contributed by atoms with Gasteiger partial charge in [-0.1, -0.05) is 24.3 Å². The number of piperidine rings is 1. The summed E-state index contributed by atoms with van der Waals surface area (Å²) in [4.78, 5) is 0.00482. The summed E-state index contributed by atoms with van der Waals surface area (Å²) in [7, 11) is -3.68. The topological polar surface area (TPSA) is 76.3 Å². The maximum absolute atomic E-state index is 13.5. The molecule has 1 aromatic heterocycles. The van der Waals surface area contributed by atoms with Crippen molar-refractivity contribution in [2.45, 2.75) is 30.1 Å². The highest BCUT2D eigenvalue weighted by atomic mass is 32.2. The van der Waals surface area contributed by atoms with Crippen LogP contribution < -0.4 is 0 Å². The molecule has 1 aliphatic carbocycles. The van der Waals surface area contributed by atoms with Crippen LogP contribution in [0.25, 0.3) is 11.5 Å². The number of rotatable bonds is 4. The summed E-state index contributed by atoms with van der Waals surface area (Å²) >= 11 is 0. The van der Waals surface area contributed by atoms with Crippen molar-refractivity contribution in [1.82, 2.24) is 14.5 Å². The Balaban J connectivity index is 1.28. The molecular formula is C21H20FN3O3S. The zero-order valence-electron chi connectivity index (χ0n) is 15.7. The third-order valence-electron chi connectivity index (χ3n) is 6.10.